The molecule has 1 amide bonds. The van der Waals surface area contributed by atoms with Crippen LogP contribution < -0.4 is 5.32 Å². The summed E-state index contributed by atoms with van der Waals surface area (Å²) in [4.78, 5) is 12.2. The number of phenolic OH excluding ortho intramolecular Hbond substituents is 1. The molecular weight excluding hydrogens is 374 g/mol. The number of halogens is 2. The third-order valence-corrected chi connectivity index (χ3v) is 3.78. The predicted octanol–water partition coefficient (Wildman–Crippen LogP) is 4.48. The minimum absolute atomic E-state index is 0.152. The predicted molar refractivity (Wildman–Crippen MR) is 82.6 cm³/mol. The van der Waals surface area contributed by atoms with Gasteiger partial charge in [-0.05, 0) is 64.8 Å². The minimum Gasteiger partial charge on any atom is -0.508 e. The van der Waals surface area contributed by atoms with E-state index in [9.17, 15) is 9.90 Å². The summed E-state index contributed by atoms with van der Waals surface area (Å²) in [5.74, 6) is -0.0561. The summed E-state index contributed by atoms with van der Waals surface area (Å²) < 4.78 is 1.73. The third kappa shape index (κ3) is 3.36. The van der Waals surface area contributed by atoms with Crippen LogP contribution in [0.25, 0.3) is 0 Å². The summed E-state index contributed by atoms with van der Waals surface area (Å²) in [5, 5.41) is 12.2. The Morgan fingerprint density at radius 1 is 1.16 bits per heavy atom. The van der Waals surface area contributed by atoms with Gasteiger partial charge in [0.15, 0.2) is 0 Å². The van der Waals surface area contributed by atoms with Crippen LogP contribution in [0.3, 0.4) is 0 Å². The maximum absolute atomic E-state index is 12.2. The van der Waals surface area contributed by atoms with Gasteiger partial charge in [0.25, 0.3) is 5.91 Å². The van der Waals surface area contributed by atoms with Crippen LogP contribution in [0.2, 0.25) is 0 Å². The molecule has 19 heavy (non-hydrogen) atoms. The summed E-state index contributed by atoms with van der Waals surface area (Å²) in [6, 6.07) is 10.2. The molecule has 0 atom stereocenters. The molecule has 0 spiro atoms. The van der Waals surface area contributed by atoms with Crippen molar-refractivity contribution in [2.75, 3.05) is 5.32 Å². The number of aromatic hydroxyl groups is 1. The number of benzene rings is 2. The van der Waals surface area contributed by atoms with Gasteiger partial charge in [-0.2, -0.15) is 0 Å². The number of carbonyl (C=O) groups excluding carboxylic acids is 1. The van der Waals surface area contributed by atoms with E-state index in [1.54, 1.807) is 19.1 Å². The topological polar surface area (TPSA) is 49.3 Å². The second-order valence-electron chi connectivity index (χ2n) is 4.08. The molecule has 0 saturated heterocycles. The third-order valence-electron chi connectivity index (χ3n) is 2.63. The van der Waals surface area contributed by atoms with E-state index >= 15 is 0 Å². The summed E-state index contributed by atoms with van der Waals surface area (Å²) in [5.41, 5.74) is 1.96. The summed E-state index contributed by atoms with van der Waals surface area (Å²) in [6.45, 7) is 1.78. The van der Waals surface area contributed by atoms with Gasteiger partial charge >= 0.3 is 0 Å². The molecule has 0 aliphatic rings. The number of nitrogens with one attached hydrogen (secondary N) is 1. The van der Waals surface area contributed by atoms with Gasteiger partial charge in [0.05, 0.1) is 5.69 Å². The molecular formula is C14H11Br2NO2. The molecule has 0 unspecified atom stereocenters. The Balaban J connectivity index is 2.25. The first kappa shape index (κ1) is 14.1. The zero-order valence-electron chi connectivity index (χ0n) is 10.1. The standard InChI is InChI=1S/C14H11Br2NO2/c1-8-6-10(18)3-4-11(8)14(19)17-13-5-2-9(15)7-12(13)16/h2-7,18H,1H3,(H,17,19). The van der Waals surface area contributed by atoms with Crippen LogP contribution in [0, 0.1) is 6.92 Å². The quantitative estimate of drug-likeness (QED) is 0.801. The van der Waals surface area contributed by atoms with Crippen LogP contribution in [0.15, 0.2) is 45.3 Å². The molecule has 0 bridgehead atoms. The zero-order chi connectivity index (χ0) is 14.0. The average molecular weight is 385 g/mol. The molecule has 2 rings (SSSR count). The fraction of sp³-hybridized carbons (Fsp3) is 0.0714. The molecule has 3 nitrogen and oxygen atoms in total. The summed E-state index contributed by atoms with van der Waals surface area (Å²) in [7, 11) is 0. The van der Waals surface area contributed by atoms with Crippen molar-refractivity contribution in [2.45, 2.75) is 6.92 Å². The second-order valence-corrected chi connectivity index (χ2v) is 5.85. The van der Waals surface area contributed by atoms with Crippen LogP contribution in [0.5, 0.6) is 5.75 Å². The van der Waals surface area contributed by atoms with Crippen molar-refractivity contribution in [3.8, 4) is 5.75 Å². The van der Waals surface area contributed by atoms with E-state index in [1.165, 1.54) is 6.07 Å². The van der Waals surface area contributed by atoms with Crippen LogP contribution in [0.4, 0.5) is 5.69 Å². The van der Waals surface area contributed by atoms with Crippen LogP contribution in [-0.4, -0.2) is 11.0 Å². The molecule has 2 aromatic rings. The van der Waals surface area contributed by atoms with Gasteiger partial charge in [-0.3, -0.25) is 4.79 Å². The second kappa shape index (κ2) is 5.75. The van der Waals surface area contributed by atoms with Crippen LogP contribution >= 0.6 is 31.9 Å². The lowest BCUT2D eigenvalue weighted by atomic mass is 10.1. The maximum atomic E-state index is 12.2. The number of phenols is 1. The van der Waals surface area contributed by atoms with E-state index in [-0.39, 0.29) is 11.7 Å². The Kier molecular flexibility index (Phi) is 4.27. The molecule has 0 radical (unpaired) electrons. The van der Waals surface area contributed by atoms with E-state index in [1.807, 2.05) is 18.2 Å². The summed E-state index contributed by atoms with van der Waals surface area (Å²) in [6.07, 6.45) is 0. The van der Waals surface area contributed by atoms with Gasteiger partial charge in [0.1, 0.15) is 5.75 Å². The maximum Gasteiger partial charge on any atom is 0.255 e. The molecule has 0 aliphatic heterocycles. The molecule has 0 heterocycles. The fourth-order valence-corrected chi connectivity index (χ4v) is 2.83. The first-order valence-electron chi connectivity index (χ1n) is 5.53. The highest BCUT2D eigenvalue weighted by Crippen LogP contribution is 2.27. The Morgan fingerprint density at radius 3 is 2.53 bits per heavy atom. The molecule has 5 heteroatoms. The van der Waals surface area contributed by atoms with E-state index < -0.39 is 0 Å². The van der Waals surface area contributed by atoms with Crippen molar-refractivity contribution in [1.29, 1.82) is 0 Å². The van der Waals surface area contributed by atoms with E-state index in [0.29, 0.717) is 11.3 Å². The minimum atomic E-state index is -0.208. The number of carbonyl (C=O) groups is 1. The van der Waals surface area contributed by atoms with Crippen molar-refractivity contribution in [3.63, 3.8) is 0 Å². The van der Waals surface area contributed by atoms with E-state index in [0.717, 1.165) is 14.5 Å². The molecule has 0 saturated carbocycles. The summed E-state index contributed by atoms with van der Waals surface area (Å²) >= 11 is 6.75. The van der Waals surface area contributed by atoms with E-state index in [2.05, 4.69) is 37.2 Å². The van der Waals surface area contributed by atoms with Gasteiger partial charge in [0, 0.05) is 14.5 Å². The normalized spacial score (nSPS) is 10.3. The molecule has 0 aromatic heterocycles. The molecule has 2 N–H and O–H groups in total. The Labute approximate surface area is 127 Å². The van der Waals surface area contributed by atoms with Gasteiger partial charge < -0.3 is 10.4 Å². The number of aryl methyl sites for hydroxylation is 1. The molecule has 2 aromatic carbocycles. The SMILES string of the molecule is Cc1cc(O)ccc1C(=O)Nc1ccc(Br)cc1Br. The lowest BCUT2D eigenvalue weighted by Crippen LogP contribution is -2.13. The lowest BCUT2D eigenvalue weighted by Gasteiger charge is -2.10. The molecule has 98 valence electrons. The Bertz CT molecular complexity index is 641. The zero-order valence-corrected chi connectivity index (χ0v) is 13.2. The van der Waals surface area contributed by atoms with Gasteiger partial charge in [0.2, 0.25) is 0 Å². The van der Waals surface area contributed by atoms with Crippen molar-refractivity contribution in [1.82, 2.24) is 0 Å². The van der Waals surface area contributed by atoms with Crippen LogP contribution in [-0.2, 0) is 0 Å². The number of amides is 1. The van der Waals surface area contributed by atoms with Gasteiger partial charge in [-0.1, -0.05) is 15.9 Å². The number of rotatable bonds is 2. The van der Waals surface area contributed by atoms with E-state index in [4.69, 9.17) is 0 Å². The fourth-order valence-electron chi connectivity index (χ4n) is 1.68. The monoisotopic (exact) mass is 383 g/mol. The molecule has 0 aliphatic carbocycles. The Hall–Kier alpha value is -1.33. The highest BCUT2D eigenvalue weighted by atomic mass is 79.9. The molecule has 0 fully saturated rings. The smallest absolute Gasteiger partial charge is 0.255 e. The number of anilines is 1. The van der Waals surface area contributed by atoms with Crippen molar-refractivity contribution in [2.24, 2.45) is 0 Å². The van der Waals surface area contributed by atoms with Crippen molar-refractivity contribution in [3.05, 3.63) is 56.5 Å². The highest BCUT2D eigenvalue weighted by Gasteiger charge is 2.11. The van der Waals surface area contributed by atoms with Crippen LogP contribution in [0.1, 0.15) is 15.9 Å². The van der Waals surface area contributed by atoms with Crippen molar-refractivity contribution >= 4 is 43.5 Å². The number of hydrogen-bond acceptors (Lipinski definition) is 2. The highest BCUT2D eigenvalue weighted by molar-refractivity contribution is 9.11. The largest absolute Gasteiger partial charge is 0.508 e. The lowest BCUT2D eigenvalue weighted by molar-refractivity contribution is 0.102. The first-order chi connectivity index (χ1) is 8.97. The average Bonchev–Trinajstić information content (AvgIpc) is 2.32. The van der Waals surface area contributed by atoms with Crippen molar-refractivity contribution < 1.29 is 9.90 Å². The Morgan fingerprint density at radius 2 is 1.89 bits per heavy atom. The number of hydrogen-bond donors (Lipinski definition) is 2. The first-order valence-corrected chi connectivity index (χ1v) is 7.12. The van der Waals surface area contributed by atoms with Gasteiger partial charge in [-0.25, -0.2) is 0 Å². The van der Waals surface area contributed by atoms with Gasteiger partial charge in [-0.15, -0.1) is 0 Å².